The maximum Gasteiger partial charge on any atom is 0.144 e. The van der Waals surface area contributed by atoms with Crippen LogP contribution in [0.15, 0.2) is 18.2 Å². The van der Waals surface area contributed by atoms with Crippen molar-refractivity contribution >= 4 is 11.4 Å². The average Bonchev–Trinajstić information content (AvgIpc) is 2.76. The van der Waals surface area contributed by atoms with Gasteiger partial charge in [-0.25, -0.2) is 0 Å². The zero-order valence-electron chi connectivity index (χ0n) is 11.2. The first-order valence-corrected chi connectivity index (χ1v) is 6.51. The molecule has 100 valence electrons. The number of benzene rings is 1. The normalized spacial score (nSPS) is 23.0. The molecule has 1 aromatic rings. The van der Waals surface area contributed by atoms with Gasteiger partial charge in [-0.1, -0.05) is 6.92 Å². The van der Waals surface area contributed by atoms with Crippen molar-refractivity contribution in [3.63, 3.8) is 0 Å². The number of ether oxygens (including phenoxy) is 2. The number of nitrogen functional groups attached to an aromatic ring is 1. The number of rotatable bonds is 5. The van der Waals surface area contributed by atoms with E-state index in [1.165, 1.54) is 0 Å². The second kappa shape index (κ2) is 5.48. The molecule has 3 N–H and O–H groups in total. The Bertz CT molecular complexity index is 401. The summed E-state index contributed by atoms with van der Waals surface area (Å²) in [6.45, 7) is 6.49. The lowest BCUT2D eigenvalue weighted by Crippen LogP contribution is -2.34. The SMILES string of the molecule is CCCOc1cc(NC2(C)CCOC2)ccc1N. The topological polar surface area (TPSA) is 56.5 Å². The minimum Gasteiger partial charge on any atom is -0.491 e. The van der Waals surface area contributed by atoms with E-state index in [-0.39, 0.29) is 5.54 Å². The van der Waals surface area contributed by atoms with Crippen LogP contribution >= 0.6 is 0 Å². The van der Waals surface area contributed by atoms with Gasteiger partial charge < -0.3 is 20.5 Å². The van der Waals surface area contributed by atoms with Gasteiger partial charge in [-0.15, -0.1) is 0 Å². The van der Waals surface area contributed by atoms with Gasteiger partial charge in [0.15, 0.2) is 0 Å². The monoisotopic (exact) mass is 250 g/mol. The predicted molar refractivity (Wildman–Crippen MR) is 74.1 cm³/mol. The molecule has 1 aromatic carbocycles. The summed E-state index contributed by atoms with van der Waals surface area (Å²) in [5.41, 5.74) is 7.62. The first-order chi connectivity index (χ1) is 8.63. The summed E-state index contributed by atoms with van der Waals surface area (Å²) in [6.07, 6.45) is 1.99. The lowest BCUT2D eigenvalue weighted by Gasteiger charge is -2.25. The van der Waals surface area contributed by atoms with E-state index in [0.717, 1.165) is 37.5 Å². The largest absolute Gasteiger partial charge is 0.491 e. The number of anilines is 2. The molecule has 4 heteroatoms. The van der Waals surface area contributed by atoms with E-state index < -0.39 is 0 Å². The summed E-state index contributed by atoms with van der Waals surface area (Å²) >= 11 is 0. The summed E-state index contributed by atoms with van der Waals surface area (Å²) in [4.78, 5) is 0. The van der Waals surface area contributed by atoms with Crippen molar-refractivity contribution < 1.29 is 9.47 Å². The van der Waals surface area contributed by atoms with Crippen LogP contribution in [-0.2, 0) is 4.74 Å². The highest BCUT2D eigenvalue weighted by atomic mass is 16.5. The lowest BCUT2D eigenvalue weighted by atomic mass is 10.0. The van der Waals surface area contributed by atoms with Gasteiger partial charge >= 0.3 is 0 Å². The molecule has 4 nitrogen and oxygen atoms in total. The van der Waals surface area contributed by atoms with E-state index in [0.29, 0.717) is 12.3 Å². The Hall–Kier alpha value is -1.42. The number of hydrogen-bond donors (Lipinski definition) is 2. The van der Waals surface area contributed by atoms with E-state index in [1.807, 2.05) is 18.2 Å². The molecule has 1 heterocycles. The maximum atomic E-state index is 5.89. The molecule has 1 aliphatic rings. The fourth-order valence-corrected chi connectivity index (χ4v) is 2.06. The van der Waals surface area contributed by atoms with Crippen LogP contribution in [-0.4, -0.2) is 25.4 Å². The molecule has 18 heavy (non-hydrogen) atoms. The molecular weight excluding hydrogens is 228 g/mol. The minimum atomic E-state index is 0.0120. The van der Waals surface area contributed by atoms with Crippen molar-refractivity contribution in [3.8, 4) is 5.75 Å². The van der Waals surface area contributed by atoms with Crippen LogP contribution in [0.1, 0.15) is 26.7 Å². The van der Waals surface area contributed by atoms with E-state index in [2.05, 4.69) is 19.2 Å². The average molecular weight is 250 g/mol. The molecule has 0 spiro atoms. The third-order valence-corrected chi connectivity index (χ3v) is 3.14. The molecule has 0 amide bonds. The van der Waals surface area contributed by atoms with Crippen molar-refractivity contribution in [3.05, 3.63) is 18.2 Å². The third-order valence-electron chi connectivity index (χ3n) is 3.14. The molecule has 1 unspecified atom stereocenters. The summed E-state index contributed by atoms with van der Waals surface area (Å²) in [7, 11) is 0. The summed E-state index contributed by atoms with van der Waals surface area (Å²) in [5.74, 6) is 0.754. The van der Waals surface area contributed by atoms with Gasteiger partial charge in [0.25, 0.3) is 0 Å². The molecular formula is C14H22N2O2. The van der Waals surface area contributed by atoms with Crippen LogP contribution in [0.5, 0.6) is 5.75 Å². The van der Waals surface area contributed by atoms with Crippen molar-refractivity contribution in [2.45, 2.75) is 32.2 Å². The fraction of sp³-hybridized carbons (Fsp3) is 0.571. The van der Waals surface area contributed by atoms with Crippen LogP contribution in [0.4, 0.5) is 11.4 Å². The third kappa shape index (κ3) is 3.07. The molecule has 1 aliphatic heterocycles. The quantitative estimate of drug-likeness (QED) is 0.789. The first kappa shape index (κ1) is 13.0. The highest BCUT2D eigenvalue weighted by molar-refractivity contribution is 5.62. The molecule has 0 aliphatic carbocycles. The van der Waals surface area contributed by atoms with Gasteiger partial charge in [0, 0.05) is 18.4 Å². The standard InChI is InChI=1S/C14H22N2O2/c1-3-7-18-13-9-11(4-5-12(13)15)16-14(2)6-8-17-10-14/h4-5,9,16H,3,6-8,10,15H2,1-2H3. The van der Waals surface area contributed by atoms with Crippen LogP contribution in [0.25, 0.3) is 0 Å². The Morgan fingerprint density at radius 2 is 2.33 bits per heavy atom. The second-order valence-corrected chi connectivity index (χ2v) is 5.09. The van der Waals surface area contributed by atoms with Crippen molar-refractivity contribution in [2.24, 2.45) is 0 Å². The molecule has 0 aromatic heterocycles. The van der Waals surface area contributed by atoms with E-state index in [9.17, 15) is 0 Å². The zero-order valence-corrected chi connectivity index (χ0v) is 11.2. The Kier molecular flexibility index (Phi) is 3.97. The minimum absolute atomic E-state index is 0.0120. The molecule has 1 fully saturated rings. The summed E-state index contributed by atoms with van der Waals surface area (Å²) in [6, 6.07) is 5.83. The van der Waals surface area contributed by atoms with E-state index in [1.54, 1.807) is 0 Å². The van der Waals surface area contributed by atoms with Crippen LogP contribution in [0.2, 0.25) is 0 Å². The zero-order chi connectivity index (χ0) is 13.0. The maximum absolute atomic E-state index is 5.89. The van der Waals surface area contributed by atoms with E-state index in [4.69, 9.17) is 15.2 Å². The highest BCUT2D eigenvalue weighted by Gasteiger charge is 2.29. The number of hydrogen-bond acceptors (Lipinski definition) is 4. The van der Waals surface area contributed by atoms with Gasteiger partial charge in [0.05, 0.1) is 24.4 Å². The molecule has 0 saturated carbocycles. The van der Waals surface area contributed by atoms with Crippen LogP contribution in [0.3, 0.4) is 0 Å². The van der Waals surface area contributed by atoms with Gasteiger partial charge in [0.2, 0.25) is 0 Å². The number of nitrogens with two attached hydrogens (primary N) is 1. The van der Waals surface area contributed by atoms with Gasteiger partial charge in [0.1, 0.15) is 5.75 Å². The molecule has 2 rings (SSSR count). The second-order valence-electron chi connectivity index (χ2n) is 5.09. The van der Waals surface area contributed by atoms with E-state index >= 15 is 0 Å². The molecule has 0 radical (unpaired) electrons. The predicted octanol–water partition coefficient (Wildman–Crippen LogP) is 2.65. The van der Waals surface area contributed by atoms with Crippen LogP contribution < -0.4 is 15.8 Å². The number of nitrogens with one attached hydrogen (secondary N) is 1. The van der Waals surface area contributed by atoms with Crippen LogP contribution in [0, 0.1) is 0 Å². The molecule has 1 atom stereocenters. The Labute approximate surface area is 108 Å². The Balaban J connectivity index is 2.08. The lowest BCUT2D eigenvalue weighted by molar-refractivity contribution is 0.185. The van der Waals surface area contributed by atoms with Crippen molar-refractivity contribution in [1.82, 2.24) is 0 Å². The Morgan fingerprint density at radius 1 is 1.50 bits per heavy atom. The summed E-state index contributed by atoms with van der Waals surface area (Å²) < 4.78 is 11.1. The Morgan fingerprint density at radius 3 is 3.00 bits per heavy atom. The fourth-order valence-electron chi connectivity index (χ4n) is 2.06. The smallest absolute Gasteiger partial charge is 0.144 e. The van der Waals surface area contributed by atoms with Gasteiger partial charge in [-0.3, -0.25) is 0 Å². The van der Waals surface area contributed by atoms with Gasteiger partial charge in [-0.2, -0.15) is 0 Å². The highest BCUT2D eigenvalue weighted by Crippen LogP contribution is 2.29. The first-order valence-electron chi connectivity index (χ1n) is 6.51. The molecule has 1 saturated heterocycles. The van der Waals surface area contributed by atoms with Crippen molar-refractivity contribution in [2.75, 3.05) is 30.9 Å². The summed E-state index contributed by atoms with van der Waals surface area (Å²) in [5, 5.41) is 3.50. The van der Waals surface area contributed by atoms with Gasteiger partial charge in [-0.05, 0) is 31.9 Å². The van der Waals surface area contributed by atoms with Crippen molar-refractivity contribution in [1.29, 1.82) is 0 Å². The molecule has 0 bridgehead atoms.